The van der Waals surface area contributed by atoms with E-state index in [1.54, 1.807) is 11.3 Å². The molecule has 1 aromatic carbocycles. The molecule has 1 aromatic heterocycles. The summed E-state index contributed by atoms with van der Waals surface area (Å²) >= 11 is 7.40. The minimum absolute atomic E-state index is 0.554. The van der Waals surface area contributed by atoms with E-state index in [0.717, 1.165) is 16.3 Å². The van der Waals surface area contributed by atoms with Gasteiger partial charge in [0.2, 0.25) is 0 Å². The molecular weight excluding hydrogens is 252 g/mol. The fourth-order valence-electron chi connectivity index (χ4n) is 1.34. The highest BCUT2D eigenvalue weighted by Gasteiger charge is 2.29. The maximum atomic E-state index is 7.16. The lowest BCUT2D eigenvalue weighted by Crippen LogP contribution is -2.11. The monoisotopic (exact) mass is 262 g/mol. The van der Waals surface area contributed by atoms with Crippen LogP contribution in [0.15, 0.2) is 29.6 Å². The van der Waals surface area contributed by atoms with Gasteiger partial charge in [0.05, 0.1) is 0 Å². The van der Waals surface area contributed by atoms with E-state index in [0.29, 0.717) is 5.02 Å². The number of hydrogen-bond acceptors (Lipinski definition) is 2. The van der Waals surface area contributed by atoms with Gasteiger partial charge in [-0.1, -0.05) is 23.7 Å². The summed E-state index contributed by atoms with van der Waals surface area (Å²) in [5.41, 5.74) is 1.30. The van der Waals surface area contributed by atoms with Crippen LogP contribution < -0.4 is 0 Å². The summed E-state index contributed by atoms with van der Waals surface area (Å²) in [5.74, 6) is 0. The molecule has 86 valence electrons. The molecule has 2 rings (SSSR count). The number of aromatic nitrogens is 1. The molecule has 0 bridgehead atoms. The number of nitrogens with zero attached hydrogens (tertiary/aromatic N) is 2. The van der Waals surface area contributed by atoms with Crippen LogP contribution in [0.1, 0.15) is 19.5 Å². The third kappa shape index (κ3) is 2.49. The van der Waals surface area contributed by atoms with E-state index < -0.39 is 5.54 Å². The number of thiazole rings is 1. The molecule has 0 radical (unpaired) electrons. The largest absolute Gasteiger partial charge is 0.304 e. The Morgan fingerprint density at radius 3 is 2.53 bits per heavy atom. The van der Waals surface area contributed by atoms with Gasteiger partial charge in [0.15, 0.2) is 0 Å². The zero-order valence-corrected chi connectivity index (χ0v) is 11.1. The summed E-state index contributed by atoms with van der Waals surface area (Å²) in [4.78, 5) is 8.10. The maximum Gasteiger partial charge on any atom is 0.269 e. The molecule has 2 aromatic rings. The molecule has 4 heteroatoms. The summed E-state index contributed by atoms with van der Waals surface area (Å²) in [7, 11) is 0. The lowest BCUT2D eigenvalue weighted by atomic mass is 10.0. The number of benzene rings is 1. The molecule has 0 aliphatic rings. The standard InChI is InChI=1S/C13H11ClN2S/c1-13(2,15-3)11-8-17-12(16-11)9-4-6-10(14)7-5-9/h4-8H,1-2H3. The van der Waals surface area contributed by atoms with Gasteiger partial charge >= 0.3 is 0 Å². The predicted octanol–water partition coefficient (Wildman–Crippen LogP) is 4.62. The Balaban J connectivity index is 2.37. The molecule has 0 aliphatic heterocycles. The Morgan fingerprint density at radius 1 is 1.29 bits per heavy atom. The van der Waals surface area contributed by atoms with E-state index in [2.05, 4.69) is 9.83 Å². The molecule has 0 spiro atoms. The number of hydrogen-bond donors (Lipinski definition) is 0. The summed E-state index contributed by atoms with van der Waals surface area (Å²) in [6.07, 6.45) is 0. The van der Waals surface area contributed by atoms with Gasteiger partial charge in [-0.3, -0.25) is 0 Å². The van der Waals surface area contributed by atoms with Crippen molar-refractivity contribution in [2.45, 2.75) is 19.4 Å². The van der Waals surface area contributed by atoms with Crippen molar-refractivity contribution in [3.05, 3.63) is 51.8 Å². The van der Waals surface area contributed by atoms with Crippen LogP contribution in [0, 0.1) is 6.57 Å². The fraction of sp³-hybridized carbons (Fsp3) is 0.231. The zero-order chi connectivity index (χ0) is 12.5. The molecule has 0 amide bonds. The van der Waals surface area contributed by atoms with Crippen LogP contribution in [0.3, 0.4) is 0 Å². The molecule has 0 fully saturated rings. The molecule has 17 heavy (non-hydrogen) atoms. The number of halogens is 1. The topological polar surface area (TPSA) is 17.2 Å². The van der Waals surface area contributed by atoms with Crippen molar-refractivity contribution in [2.24, 2.45) is 0 Å². The van der Waals surface area contributed by atoms with Crippen LogP contribution in [0.5, 0.6) is 0 Å². The Labute approximate surface area is 110 Å². The second-order valence-electron chi connectivity index (χ2n) is 4.22. The van der Waals surface area contributed by atoms with Gasteiger partial charge in [0, 0.05) is 29.8 Å². The fourth-order valence-corrected chi connectivity index (χ4v) is 2.45. The summed E-state index contributed by atoms with van der Waals surface area (Å²) < 4.78 is 0. The first kappa shape index (κ1) is 12.1. The van der Waals surface area contributed by atoms with Gasteiger partial charge in [0.25, 0.3) is 5.54 Å². The summed E-state index contributed by atoms with van der Waals surface area (Å²) in [6, 6.07) is 7.57. The van der Waals surface area contributed by atoms with Crippen molar-refractivity contribution in [1.82, 2.24) is 4.98 Å². The van der Waals surface area contributed by atoms with Crippen LogP contribution in [0.2, 0.25) is 5.02 Å². The molecule has 0 N–H and O–H groups in total. The molecular formula is C13H11ClN2S. The van der Waals surface area contributed by atoms with Crippen molar-refractivity contribution in [1.29, 1.82) is 0 Å². The highest BCUT2D eigenvalue weighted by atomic mass is 35.5. The van der Waals surface area contributed by atoms with Gasteiger partial charge in [-0.15, -0.1) is 11.3 Å². The number of rotatable bonds is 2. The van der Waals surface area contributed by atoms with Crippen LogP contribution in [-0.4, -0.2) is 4.98 Å². The van der Waals surface area contributed by atoms with Crippen molar-refractivity contribution < 1.29 is 0 Å². The van der Waals surface area contributed by atoms with Gasteiger partial charge in [-0.25, -0.2) is 11.6 Å². The lowest BCUT2D eigenvalue weighted by molar-refractivity contribution is 0.644. The van der Waals surface area contributed by atoms with Crippen molar-refractivity contribution in [2.75, 3.05) is 0 Å². The van der Waals surface area contributed by atoms with E-state index in [4.69, 9.17) is 18.2 Å². The Morgan fingerprint density at radius 2 is 1.94 bits per heavy atom. The first-order valence-corrected chi connectivity index (χ1v) is 6.39. The second kappa shape index (κ2) is 4.48. The van der Waals surface area contributed by atoms with Crippen molar-refractivity contribution >= 4 is 22.9 Å². The van der Waals surface area contributed by atoms with Gasteiger partial charge in [-0.05, 0) is 12.1 Å². The van der Waals surface area contributed by atoms with Crippen LogP contribution in [0.25, 0.3) is 15.4 Å². The highest BCUT2D eigenvalue weighted by molar-refractivity contribution is 7.13. The van der Waals surface area contributed by atoms with E-state index >= 15 is 0 Å². The Hall–Kier alpha value is -1.37. The first-order valence-electron chi connectivity index (χ1n) is 5.13. The van der Waals surface area contributed by atoms with Gasteiger partial charge in [-0.2, -0.15) is 0 Å². The SMILES string of the molecule is [C-]#[N+]C(C)(C)c1csc(-c2ccc(Cl)cc2)n1. The molecule has 0 saturated heterocycles. The molecule has 2 nitrogen and oxygen atoms in total. The third-order valence-electron chi connectivity index (χ3n) is 2.50. The molecule has 0 aliphatic carbocycles. The second-order valence-corrected chi connectivity index (χ2v) is 5.51. The summed E-state index contributed by atoms with van der Waals surface area (Å²) in [6.45, 7) is 10.9. The molecule has 0 unspecified atom stereocenters. The molecule has 0 atom stereocenters. The maximum absolute atomic E-state index is 7.16. The smallest absolute Gasteiger partial charge is 0.269 e. The zero-order valence-electron chi connectivity index (χ0n) is 9.57. The Bertz CT molecular complexity index is 564. The highest BCUT2D eigenvalue weighted by Crippen LogP contribution is 2.31. The third-order valence-corrected chi connectivity index (χ3v) is 3.65. The summed E-state index contributed by atoms with van der Waals surface area (Å²) in [5, 5.41) is 3.59. The Kier molecular flexibility index (Phi) is 3.19. The molecule has 1 heterocycles. The lowest BCUT2D eigenvalue weighted by Gasteiger charge is -2.06. The van der Waals surface area contributed by atoms with Crippen molar-refractivity contribution in [3.8, 4) is 10.6 Å². The van der Waals surface area contributed by atoms with E-state index in [9.17, 15) is 0 Å². The van der Waals surface area contributed by atoms with E-state index in [1.165, 1.54) is 0 Å². The molecule has 0 saturated carbocycles. The average Bonchev–Trinajstić information content (AvgIpc) is 2.80. The van der Waals surface area contributed by atoms with Gasteiger partial charge < -0.3 is 4.85 Å². The minimum atomic E-state index is -0.554. The quantitative estimate of drug-likeness (QED) is 0.722. The first-order chi connectivity index (χ1) is 8.03. The van der Waals surface area contributed by atoms with Gasteiger partial charge in [0.1, 0.15) is 10.7 Å². The normalized spacial score (nSPS) is 11.2. The van der Waals surface area contributed by atoms with Crippen LogP contribution in [0.4, 0.5) is 0 Å². The minimum Gasteiger partial charge on any atom is -0.304 e. The van der Waals surface area contributed by atoms with E-state index in [1.807, 2.05) is 43.5 Å². The van der Waals surface area contributed by atoms with Crippen LogP contribution >= 0.6 is 22.9 Å². The van der Waals surface area contributed by atoms with Crippen LogP contribution in [-0.2, 0) is 5.54 Å². The predicted molar refractivity (Wildman–Crippen MR) is 72.2 cm³/mol. The average molecular weight is 263 g/mol. The van der Waals surface area contributed by atoms with E-state index in [-0.39, 0.29) is 0 Å². The van der Waals surface area contributed by atoms with Crippen molar-refractivity contribution in [3.63, 3.8) is 0 Å².